The van der Waals surface area contributed by atoms with Gasteiger partial charge in [0.05, 0.1) is 57.6 Å². The molecule has 4 heterocycles. The average molecular weight is 1290 g/mol. The van der Waals surface area contributed by atoms with Crippen molar-refractivity contribution in [1.82, 2.24) is 18.3 Å². The van der Waals surface area contributed by atoms with Crippen molar-refractivity contribution in [2.45, 2.75) is 62.2 Å². The summed E-state index contributed by atoms with van der Waals surface area (Å²) in [6, 6.07) is 63.4. The Hall–Kier alpha value is -12.1. The Labute approximate surface area is 546 Å². The third-order valence-corrected chi connectivity index (χ3v) is 16.0. The van der Waals surface area contributed by atoms with Gasteiger partial charge in [-0.25, -0.2) is 38.4 Å². The highest BCUT2D eigenvalue weighted by atomic mass is 16.7. The van der Waals surface area contributed by atoms with E-state index in [9.17, 15) is 28.8 Å². The van der Waals surface area contributed by atoms with E-state index < -0.39 is 145 Å². The summed E-state index contributed by atoms with van der Waals surface area (Å²) in [5.41, 5.74) is -4.40. The summed E-state index contributed by atoms with van der Waals surface area (Å²) in [5.74, 6) is -5.50. The molecule has 0 saturated carbocycles. The second-order valence-corrected chi connectivity index (χ2v) is 22.2. The number of hydrogen-bond donors (Lipinski definition) is 0. The molecule has 0 spiro atoms. The van der Waals surface area contributed by atoms with Crippen molar-refractivity contribution < 1.29 is 66.7 Å². The summed E-state index contributed by atoms with van der Waals surface area (Å²) in [6.45, 7) is -2.31. The summed E-state index contributed by atoms with van der Waals surface area (Å²) < 4.78 is 53.2. The van der Waals surface area contributed by atoms with Crippen LogP contribution in [0.2, 0.25) is 0 Å². The third kappa shape index (κ3) is 14.2. The number of rotatable bonds is 21. The van der Waals surface area contributed by atoms with Crippen LogP contribution in [0.4, 0.5) is 0 Å². The van der Waals surface area contributed by atoms with Gasteiger partial charge in [0.15, 0.2) is 36.9 Å². The largest absolute Gasteiger partial charge is 0.459 e. The molecule has 8 atom stereocenters. The third-order valence-electron chi connectivity index (χ3n) is 16.0. The molecule has 8 aromatic carbocycles. The molecular formula is C74H58N4O18. The number of carbonyl (C=O) groups excluding carboxylic acids is 6. The number of esters is 6. The van der Waals surface area contributed by atoms with Gasteiger partial charge in [0.25, 0.3) is 11.1 Å². The second-order valence-electron chi connectivity index (χ2n) is 22.2. The van der Waals surface area contributed by atoms with E-state index in [-0.39, 0.29) is 33.4 Å². The molecule has 0 amide bonds. The first-order valence-electron chi connectivity index (χ1n) is 30.4. The molecule has 22 nitrogen and oxygen atoms in total. The van der Waals surface area contributed by atoms with Gasteiger partial charge in [0.2, 0.25) is 0 Å². The molecule has 2 aromatic heterocycles. The van der Waals surface area contributed by atoms with E-state index >= 15 is 19.2 Å². The van der Waals surface area contributed by atoms with E-state index in [1.54, 1.807) is 170 Å². The maximum atomic E-state index is 15.7. The molecule has 2 aliphatic heterocycles. The lowest BCUT2D eigenvalue weighted by atomic mass is 10.1. The van der Waals surface area contributed by atoms with Crippen molar-refractivity contribution in [2.75, 3.05) is 13.2 Å². The van der Waals surface area contributed by atoms with Crippen LogP contribution >= 0.6 is 0 Å². The first-order chi connectivity index (χ1) is 46.8. The molecule has 0 radical (unpaired) electrons. The van der Waals surface area contributed by atoms with Gasteiger partial charge in [-0.15, -0.1) is 0 Å². The molecule has 0 N–H and O–H groups in total. The summed E-state index contributed by atoms with van der Waals surface area (Å²) in [4.78, 5) is 148. The normalized spacial score (nSPS) is 18.7. The van der Waals surface area contributed by atoms with E-state index in [1.165, 1.54) is 72.8 Å². The van der Waals surface area contributed by atoms with Crippen molar-refractivity contribution in [3.05, 3.63) is 341 Å². The molecule has 0 unspecified atom stereocenters. The van der Waals surface area contributed by atoms with Crippen LogP contribution in [-0.4, -0.2) is 104 Å². The average Bonchev–Trinajstić information content (AvgIpc) is 1.53. The zero-order valence-corrected chi connectivity index (χ0v) is 50.8. The van der Waals surface area contributed by atoms with Crippen LogP contribution in [0.15, 0.2) is 274 Å². The predicted octanol–water partition coefficient (Wildman–Crippen LogP) is 8.51. The molecule has 96 heavy (non-hydrogen) atoms. The first-order valence-corrected chi connectivity index (χ1v) is 30.4. The molecule has 2 fully saturated rings. The Kier molecular flexibility index (Phi) is 19.5. The molecular weight excluding hydrogens is 1230 g/mol. The van der Waals surface area contributed by atoms with E-state index in [0.29, 0.717) is 11.1 Å². The zero-order chi connectivity index (χ0) is 66.7. The van der Waals surface area contributed by atoms with E-state index in [4.69, 9.17) is 37.9 Å². The number of hydrogen-bond acceptors (Lipinski definition) is 18. The highest BCUT2D eigenvalue weighted by Gasteiger charge is 2.54. The van der Waals surface area contributed by atoms with Crippen LogP contribution in [0.25, 0.3) is 11.1 Å². The van der Waals surface area contributed by atoms with Crippen LogP contribution in [0.5, 0.6) is 0 Å². The molecule has 0 aliphatic carbocycles. The smallest absolute Gasteiger partial charge is 0.338 e. The van der Waals surface area contributed by atoms with E-state index in [1.807, 2.05) is 0 Å². The summed E-state index contributed by atoms with van der Waals surface area (Å²) >= 11 is 0. The van der Waals surface area contributed by atoms with Crippen LogP contribution < -0.4 is 22.5 Å². The lowest BCUT2D eigenvalue weighted by Crippen LogP contribution is -2.48. The van der Waals surface area contributed by atoms with Gasteiger partial charge in [-0.1, -0.05) is 170 Å². The van der Waals surface area contributed by atoms with Crippen LogP contribution in [-0.2, 0) is 51.0 Å². The maximum absolute atomic E-state index is 15.7. The Morgan fingerprint density at radius 2 is 0.552 bits per heavy atom. The van der Waals surface area contributed by atoms with Crippen molar-refractivity contribution in [3.63, 3.8) is 0 Å². The molecule has 0 bridgehead atoms. The second kappa shape index (κ2) is 29.2. The maximum Gasteiger partial charge on any atom is 0.338 e. The number of aromatic nitrogens is 4. The predicted molar refractivity (Wildman–Crippen MR) is 344 cm³/mol. The van der Waals surface area contributed by atoms with Gasteiger partial charge in [-0.2, -0.15) is 0 Å². The van der Waals surface area contributed by atoms with Gasteiger partial charge in [-0.3, -0.25) is 27.9 Å². The fourth-order valence-corrected chi connectivity index (χ4v) is 11.1. The number of benzene rings is 8. The van der Waals surface area contributed by atoms with Gasteiger partial charge in [0, 0.05) is 12.4 Å². The molecule has 10 aromatic rings. The van der Waals surface area contributed by atoms with Crippen LogP contribution in [0, 0.1) is 0 Å². The highest BCUT2D eigenvalue weighted by Crippen LogP contribution is 2.38. The number of ether oxygens (including phenoxy) is 8. The van der Waals surface area contributed by atoms with Crippen LogP contribution in [0.3, 0.4) is 0 Å². The SMILES string of the molecule is O=C(OC[C@H]1O[C@@H](n2cc(-c3cn([C@@H]4O[C@H](COC(=O)c5ccccc5)[C@@H](OC(=O)c5ccccc5)[C@H]4OC(=O)c4ccccc4)c(=O)n(Cc4ccccc4)c3=O)c(=O)n(Cc3ccccc3)c2=O)[C@H](OC(=O)c2ccccc2)[C@@H]1OC(=O)c1ccccc1)c1ccccc1. The van der Waals surface area contributed by atoms with E-state index in [2.05, 4.69) is 0 Å². The fraction of sp³-hybridized carbons (Fsp3) is 0.162. The molecule has 12 rings (SSSR count). The van der Waals surface area contributed by atoms with Gasteiger partial charge in [0.1, 0.15) is 25.4 Å². The van der Waals surface area contributed by atoms with Gasteiger partial charge < -0.3 is 37.9 Å². The van der Waals surface area contributed by atoms with E-state index in [0.717, 1.165) is 30.7 Å². The van der Waals surface area contributed by atoms with Gasteiger partial charge >= 0.3 is 47.2 Å². The Bertz CT molecular complexity index is 4390. The topological polar surface area (TPSA) is 264 Å². The molecule has 22 heteroatoms. The van der Waals surface area contributed by atoms with Crippen molar-refractivity contribution in [1.29, 1.82) is 0 Å². The Balaban J connectivity index is 1.06. The summed E-state index contributed by atoms with van der Waals surface area (Å²) in [5, 5.41) is 0. The first kappa shape index (κ1) is 64.0. The zero-order valence-electron chi connectivity index (χ0n) is 50.8. The minimum Gasteiger partial charge on any atom is -0.459 e. The summed E-state index contributed by atoms with van der Waals surface area (Å²) in [7, 11) is 0. The lowest BCUT2D eigenvalue weighted by molar-refractivity contribution is -0.0647. The molecule has 482 valence electrons. The van der Waals surface area contributed by atoms with Gasteiger partial charge in [-0.05, 0) is 83.9 Å². The van der Waals surface area contributed by atoms with Crippen molar-refractivity contribution in [3.8, 4) is 11.1 Å². The van der Waals surface area contributed by atoms with Crippen molar-refractivity contribution in [2.24, 2.45) is 0 Å². The highest BCUT2D eigenvalue weighted by molar-refractivity contribution is 5.92. The number of carbonyl (C=O) groups is 6. The minimum atomic E-state index is -1.91. The number of nitrogens with zero attached hydrogens (tertiary/aromatic N) is 4. The lowest BCUT2D eigenvalue weighted by Gasteiger charge is -2.26. The van der Waals surface area contributed by atoms with Crippen molar-refractivity contribution >= 4 is 35.8 Å². The Morgan fingerprint density at radius 3 is 0.823 bits per heavy atom. The summed E-state index contributed by atoms with van der Waals surface area (Å²) in [6.07, 6.45) is -12.0. The molecule has 2 aliphatic rings. The Morgan fingerprint density at radius 1 is 0.312 bits per heavy atom. The standard InChI is InChI=1S/C74H58N4O18/c79-63-55(43-77(73(87)75(63)41-47-25-9-1-10-26-47)65-61(95-71(85)53-37-21-7-22-38-53)59(93-69(83)51-33-17-5-18-34-51)57(91-65)45-89-67(81)49-29-13-3-14-30-49)56-44-78(74(88)76(64(56)80)42-48-27-11-2-12-28-48)66-62(96-72(86)54-39-23-8-24-40-54)60(94-70(84)52-35-19-6-20-36-52)58(92-66)46-90-68(82)50-31-15-4-16-32-50/h1-40,43-44,57-62,65-66H,41-42,45-46H2/t57-,58-,59-,60-,61-,62-,65-,66-/m1/s1. The molecule has 2 saturated heterocycles. The monoisotopic (exact) mass is 1290 g/mol. The quantitative estimate of drug-likeness (QED) is 0.0482. The fourth-order valence-electron chi connectivity index (χ4n) is 11.1. The van der Waals surface area contributed by atoms with Crippen LogP contribution in [0.1, 0.15) is 85.7 Å². The minimum absolute atomic E-state index is 0.0159.